The molecule has 6 nitrogen and oxygen atoms in total. The highest BCUT2D eigenvalue weighted by Gasteiger charge is 2.27. The molecule has 24 heavy (non-hydrogen) atoms. The number of carbonyl (C=O) groups is 1. The van der Waals surface area contributed by atoms with Crippen molar-refractivity contribution in [3.05, 3.63) is 53.5 Å². The van der Waals surface area contributed by atoms with Crippen molar-refractivity contribution < 1.29 is 19.1 Å². The van der Waals surface area contributed by atoms with Crippen LogP contribution in [0.2, 0.25) is 0 Å². The molecule has 2 amide bonds. The maximum absolute atomic E-state index is 12.1. The summed E-state index contributed by atoms with van der Waals surface area (Å²) in [5.74, 6) is 1.12. The summed E-state index contributed by atoms with van der Waals surface area (Å²) in [4.78, 5) is 12.1. The number of aliphatic hydroxyl groups is 1. The number of carbonyl (C=O) groups excluding carboxylic acids is 1. The Balaban J connectivity index is 1.94. The second kappa shape index (κ2) is 7.51. The Bertz CT molecular complexity index is 694. The molecule has 1 aromatic carbocycles. The first-order valence-electron chi connectivity index (χ1n) is 7.79. The lowest BCUT2D eigenvalue weighted by Crippen LogP contribution is -2.40. The van der Waals surface area contributed by atoms with Crippen LogP contribution in [0.4, 0.5) is 10.5 Å². The van der Waals surface area contributed by atoms with E-state index in [1.165, 1.54) is 0 Å². The van der Waals surface area contributed by atoms with Crippen LogP contribution < -0.4 is 10.6 Å². The van der Waals surface area contributed by atoms with E-state index >= 15 is 0 Å². The quantitative estimate of drug-likeness (QED) is 0.757. The van der Waals surface area contributed by atoms with Gasteiger partial charge in [-0.05, 0) is 50.6 Å². The predicted octanol–water partition coefficient (Wildman–Crippen LogP) is 3.32. The maximum atomic E-state index is 12.1. The van der Waals surface area contributed by atoms with Gasteiger partial charge in [0.25, 0.3) is 0 Å². The fraction of sp³-hybridized carbons (Fsp3) is 0.389. The Kier molecular flexibility index (Phi) is 5.64. The van der Waals surface area contributed by atoms with Gasteiger partial charge in [-0.1, -0.05) is 12.1 Å². The lowest BCUT2D eigenvalue weighted by Gasteiger charge is -2.21. The normalized spacial score (nSPS) is 14.7. The second-order valence-electron chi connectivity index (χ2n) is 6.00. The minimum atomic E-state index is -1.28. The third-order valence-corrected chi connectivity index (χ3v) is 3.83. The molecular formula is C18H24N2O4. The summed E-state index contributed by atoms with van der Waals surface area (Å²) in [7, 11) is 1.63. The zero-order valence-corrected chi connectivity index (χ0v) is 14.4. The van der Waals surface area contributed by atoms with E-state index in [9.17, 15) is 9.90 Å². The molecule has 0 spiro atoms. The van der Waals surface area contributed by atoms with Crippen molar-refractivity contribution >= 4 is 11.7 Å². The van der Waals surface area contributed by atoms with E-state index in [4.69, 9.17) is 9.15 Å². The second-order valence-corrected chi connectivity index (χ2v) is 6.00. The van der Waals surface area contributed by atoms with Crippen molar-refractivity contribution in [3.8, 4) is 0 Å². The summed E-state index contributed by atoms with van der Waals surface area (Å²) in [6.45, 7) is 5.35. The van der Waals surface area contributed by atoms with Crippen molar-refractivity contribution in [1.29, 1.82) is 0 Å². The van der Waals surface area contributed by atoms with E-state index in [0.717, 1.165) is 5.56 Å². The number of rotatable bonds is 6. The topological polar surface area (TPSA) is 83.7 Å². The number of amides is 2. The first-order chi connectivity index (χ1) is 11.3. The van der Waals surface area contributed by atoms with Gasteiger partial charge in [0.05, 0.1) is 12.6 Å². The van der Waals surface area contributed by atoms with Gasteiger partial charge in [0.2, 0.25) is 0 Å². The Labute approximate surface area is 141 Å². The molecule has 0 fully saturated rings. The largest absolute Gasteiger partial charge is 0.463 e. The van der Waals surface area contributed by atoms with Crippen molar-refractivity contribution in [2.24, 2.45) is 0 Å². The van der Waals surface area contributed by atoms with Gasteiger partial charge in [-0.15, -0.1) is 0 Å². The number of anilines is 1. The summed E-state index contributed by atoms with van der Waals surface area (Å²) in [5, 5.41) is 15.8. The highest BCUT2D eigenvalue weighted by molar-refractivity contribution is 5.89. The number of hydrogen-bond donors (Lipinski definition) is 3. The molecule has 2 rings (SSSR count). The van der Waals surface area contributed by atoms with Crippen LogP contribution in [0.25, 0.3) is 0 Å². The van der Waals surface area contributed by atoms with Crippen molar-refractivity contribution in [2.45, 2.75) is 32.5 Å². The van der Waals surface area contributed by atoms with Crippen LogP contribution in [0.15, 0.2) is 40.8 Å². The lowest BCUT2D eigenvalue weighted by atomic mass is 10.0. The van der Waals surface area contributed by atoms with Gasteiger partial charge in [-0.2, -0.15) is 0 Å². The number of furan rings is 1. The number of ether oxygens (including phenoxy) is 1. The van der Waals surface area contributed by atoms with Gasteiger partial charge < -0.3 is 24.9 Å². The minimum Gasteiger partial charge on any atom is -0.463 e. The van der Waals surface area contributed by atoms with E-state index in [2.05, 4.69) is 10.6 Å². The van der Waals surface area contributed by atoms with E-state index in [-0.39, 0.29) is 12.6 Å². The van der Waals surface area contributed by atoms with Crippen LogP contribution in [0.3, 0.4) is 0 Å². The molecule has 0 unspecified atom stereocenters. The molecule has 6 heteroatoms. The smallest absolute Gasteiger partial charge is 0.319 e. The summed E-state index contributed by atoms with van der Waals surface area (Å²) >= 11 is 0. The van der Waals surface area contributed by atoms with Gasteiger partial charge in [-0.25, -0.2) is 4.79 Å². The average molecular weight is 332 g/mol. The Morgan fingerprint density at radius 1 is 1.38 bits per heavy atom. The fourth-order valence-electron chi connectivity index (χ4n) is 2.24. The molecule has 2 atom stereocenters. The molecule has 130 valence electrons. The fourth-order valence-corrected chi connectivity index (χ4v) is 2.24. The molecule has 0 bridgehead atoms. The molecule has 0 saturated carbocycles. The number of urea groups is 1. The third-order valence-electron chi connectivity index (χ3n) is 3.83. The van der Waals surface area contributed by atoms with Crippen LogP contribution in [0.5, 0.6) is 0 Å². The molecule has 0 aliphatic rings. The first-order valence-corrected chi connectivity index (χ1v) is 7.79. The zero-order valence-electron chi connectivity index (χ0n) is 14.4. The Hall–Kier alpha value is -2.31. The highest BCUT2D eigenvalue weighted by atomic mass is 16.5. The monoisotopic (exact) mass is 332 g/mol. The number of benzene rings is 1. The number of methoxy groups -OCH3 is 1. The maximum Gasteiger partial charge on any atom is 0.319 e. The molecule has 1 aromatic heterocycles. The van der Waals surface area contributed by atoms with Gasteiger partial charge in [0.1, 0.15) is 17.1 Å². The highest BCUT2D eigenvalue weighted by Crippen LogP contribution is 2.22. The Morgan fingerprint density at radius 2 is 2.12 bits per heavy atom. The summed E-state index contributed by atoms with van der Waals surface area (Å²) in [6.07, 6.45) is -0.0577. The molecule has 0 radical (unpaired) electrons. The van der Waals surface area contributed by atoms with Crippen molar-refractivity contribution in [2.75, 3.05) is 19.0 Å². The van der Waals surface area contributed by atoms with E-state index in [1.807, 2.05) is 25.1 Å². The molecule has 2 aromatic rings. The Morgan fingerprint density at radius 3 is 2.75 bits per heavy atom. The molecule has 0 aliphatic carbocycles. The van der Waals surface area contributed by atoms with Crippen molar-refractivity contribution in [1.82, 2.24) is 5.32 Å². The number of nitrogens with one attached hydrogen (secondary N) is 2. The zero-order chi connectivity index (χ0) is 17.7. The summed E-state index contributed by atoms with van der Waals surface area (Å²) in [6, 6.07) is 10.5. The van der Waals surface area contributed by atoms with Gasteiger partial charge in [0, 0.05) is 12.8 Å². The molecule has 0 saturated heterocycles. The van der Waals surface area contributed by atoms with Crippen LogP contribution in [0.1, 0.15) is 37.0 Å². The molecule has 1 heterocycles. The van der Waals surface area contributed by atoms with Gasteiger partial charge in [-0.3, -0.25) is 0 Å². The van der Waals surface area contributed by atoms with Crippen LogP contribution in [-0.4, -0.2) is 24.8 Å². The average Bonchev–Trinajstić information content (AvgIpc) is 3.00. The predicted molar refractivity (Wildman–Crippen MR) is 91.9 cm³/mol. The standard InChI is InChI=1S/C18H24N2O4/c1-12-8-9-16(24-12)18(3,22)11-19-17(21)20-15-7-5-6-14(10-15)13(2)23-4/h5-10,13,22H,11H2,1-4H3,(H2,19,20,21)/t13-,18+/m0/s1. The van der Waals surface area contributed by atoms with Gasteiger partial charge in [0.15, 0.2) is 0 Å². The minimum absolute atomic E-state index is 0.0277. The van der Waals surface area contributed by atoms with Crippen LogP contribution in [0, 0.1) is 6.92 Å². The molecule has 3 N–H and O–H groups in total. The number of hydrogen-bond acceptors (Lipinski definition) is 4. The van der Waals surface area contributed by atoms with Crippen LogP contribution >= 0.6 is 0 Å². The van der Waals surface area contributed by atoms with Crippen LogP contribution in [-0.2, 0) is 10.3 Å². The number of aryl methyl sites for hydroxylation is 1. The third kappa shape index (κ3) is 4.59. The first kappa shape index (κ1) is 18.0. The summed E-state index contributed by atoms with van der Waals surface area (Å²) in [5.41, 5.74) is 0.341. The van der Waals surface area contributed by atoms with Gasteiger partial charge >= 0.3 is 6.03 Å². The molecular weight excluding hydrogens is 308 g/mol. The summed E-state index contributed by atoms with van der Waals surface area (Å²) < 4.78 is 10.7. The SMILES string of the molecule is CO[C@@H](C)c1cccc(NC(=O)NC[C@@](C)(O)c2ccc(C)o2)c1. The van der Waals surface area contributed by atoms with E-state index < -0.39 is 11.6 Å². The van der Waals surface area contributed by atoms with Crippen molar-refractivity contribution in [3.63, 3.8) is 0 Å². The van der Waals surface area contributed by atoms with E-state index in [1.54, 1.807) is 39.2 Å². The van der Waals surface area contributed by atoms with E-state index in [0.29, 0.717) is 17.2 Å². The molecule has 0 aliphatic heterocycles. The lowest BCUT2D eigenvalue weighted by molar-refractivity contribution is 0.0364.